The van der Waals surface area contributed by atoms with Gasteiger partial charge in [-0.25, -0.2) is 8.42 Å². The van der Waals surface area contributed by atoms with E-state index in [2.05, 4.69) is 5.32 Å². The summed E-state index contributed by atoms with van der Waals surface area (Å²) in [5, 5.41) is 3.71. The first-order chi connectivity index (χ1) is 20.7. The van der Waals surface area contributed by atoms with E-state index < -0.39 is 28.5 Å². The number of anilines is 1. The van der Waals surface area contributed by atoms with Crippen LogP contribution in [0.5, 0.6) is 11.5 Å². The van der Waals surface area contributed by atoms with Gasteiger partial charge in [-0.15, -0.1) is 0 Å². The quantitative estimate of drug-likeness (QED) is 0.335. The van der Waals surface area contributed by atoms with Crippen LogP contribution in [-0.4, -0.2) is 63.2 Å². The smallest absolute Gasteiger partial charge is 0.244 e. The molecule has 9 nitrogen and oxygen atoms in total. The monoisotopic (exact) mass is 625 g/mol. The number of nitrogens with one attached hydrogen (secondary N) is 1. The fourth-order valence-corrected chi connectivity index (χ4v) is 6.48. The molecule has 1 atom stereocenters. The van der Waals surface area contributed by atoms with Gasteiger partial charge in [0.05, 0.1) is 11.9 Å². The van der Waals surface area contributed by atoms with Gasteiger partial charge in [0, 0.05) is 30.1 Å². The Labute approximate surface area is 257 Å². The number of hydrogen-bond donors (Lipinski definition) is 1. The number of amides is 2. The number of carbonyl (C=O) groups is 2. The molecule has 1 fully saturated rings. The zero-order valence-corrected chi connectivity index (χ0v) is 25.6. The molecule has 1 saturated carbocycles. The van der Waals surface area contributed by atoms with E-state index in [4.69, 9.17) is 21.1 Å². The Morgan fingerprint density at radius 3 is 2.28 bits per heavy atom. The zero-order chi connectivity index (χ0) is 30.4. The fourth-order valence-electron chi connectivity index (χ4n) is 5.51. The van der Waals surface area contributed by atoms with Gasteiger partial charge in [-0.05, 0) is 48.2 Å². The Hall–Kier alpha value is -3.76. The molecule has 0 unspecified atom stereocenters. The SMILES string of the molecule is CS(=O)(=O)N(CC(=O)N(Cc1ccc(Cl)cc1)[C@H](Cc1ccccc1)C(=O)NC1CCCC1)c1ccc2c(c1)OCCO2. The number of carbonyl (C=O) groups excluding carboxylic acids is 2. The van der Waals surface area contributed by atoms with E-state index >= 15 is 0 Å². The lowest BCUT2D eigenvalue weighted by atomic mass is 10.0. The van der Waals surface area contributed by atoms with Gasteiger partial charge < -0.3 is 19.7 Å². The number of rotatable bonds is 11. The average molecular weight is 626 g/mol. The maximum atomic E-state index is 14.3. The van der Waals surface area contributed by atoms with Gasteiger partial charge in [0.25, 0.3) is 0 Å². The van der Waals surface area contributed by atoms with Gasteiger partial charge >= 0.3 is 0 Å². The van der Waals surface area contributed by atoms with Gasteiger partial charge in [0.15, 0.2) is 11.5 Å². The summed E-state index contributed by atoms with van der Waals surface area (Å²) in [5.41, 5.74) is 1.91. The summed E-state index contributed by atoms with van der Waals surface area (Å²) in [6, 6.07) is 20.5. The van der Waals surface area contributed by atoms with Crippen LogP contribution >= 0.6 is 11.6 Å². The Bertz CT molecular complexity index is 1530. The molecule has 0 radical (unpaired) electrons. The molecule has 228 valence electrons. The van der Waals surface area contributed by atoms with E-state index in [1.165, 1.54) is 4.90 Å². The maximum Gasteiger partial charge on any atom is 0.244 e. The first-order valence-corrected chi connectivity index (χ1v) is 16.7. The second kappa shape index (κ2) is 13.7. The summed E-state index contributed by atoms with van der Waals surface area (Å²) in [6.07, 6.45) is 5.18. The first kappa shape index (κ1) is 30.7. The standard InChI is InChI=1S/C32H36ClN3O6S/c1-43(39,40)36(27-15-16-29-30(20-27)42-18-17-41-29)22-31(37)35(21-24-11-13-25(33)14-12-24)28(19-23-7-3-2-4-8-23)32(38)34-26-9-5-6-10-26/h2-4,7-8,11-16,20,26,28H,5-6,9-10,17-19,21-22H2,1H3,(H,34,38)/t28-/m1/s1. The van der Waals surface area contributed by atoms with Crippen molar-refractivity contribution in [3.8, 4) is 11.5 Å². The second-order valence-electron chi connectivity index (χ2n) is 10.9. The van der Waals surface area contributed by atoms with Crippen molar-refractivity contribution in [2.45, 2.75) is 50.7 Å². The lowest BCUT2D eigenvalue weighted by molar-refractivity contribution is -0.140. The van der Waals surface area contributed by atoms with E-state index in [0.717, 1.165) is 47.4 Å². The number of benzene rings is 3. The lowest BCUT2D eigenvalue weighted by Gasteiger charge is -2.34. The van der Waals surface area contributed by atoms with E-state index in [9.17, 15) is 18.0 Å². The van der Waals surface area contributed by atoms with Crippen LogP contribution < -0.4 is 19.1 Å². The summed E-state index contributed by atoms with van der Waals surface area (Å²) >= 11 is 6.13. The molecule has 0 aromatic heterocycles. The Balaban J connectivity index is 1.50. The van der Waals surface area contributed by atoms with Crippen LogP contribution in [0.1, 0.15) is 36.8 Å². The molecule has 3 aromatic rings. The van der Waals surface area contributed by atoms with Crippen LogP contribution in [0.3, 0.4) is 0 Å². The van der Waals surface area contributed by atoms with Gasteiger partial charge in [-0.2, -0.15) is 0 Å². The summed E-state index contributed by atoms with van der Waals surface area (Å²) < 4.78 is 38.4. The molecular weight excluding hydrogens is 590 g/mol. The van der Waals surface area contributed by atoms with Gasteiger partial charge in [-0.1, -0.05) is 66.9 Å². The lowest BCUT2D eigenvalue weighted by Crippen LogP contribution is -2.54. The van der Waals surface area contributed by atoms with Crippen LogP contribution in [-0.2, 0) is 32.6 Å². The van der Waals surface area contributed by atoms with Crippen molar-refractivity contribution < 1.29 is 27.5 Å². The van der Waals surface area contributed by atoms with E-state index in [1.54, 1.807) is 42.5 Å². The first-order valence-electron chi connectivity index (χ1n) is 14.4. The highest BCUT2D eigenvalue weighted by Crippen LogP contribution is 2.35. The summed E-state index contributed by atoms with van der Waals surface area (Å²) in [4.78, 5) is 29.7. The number of halogens is 1. The molecule has 11 heteroatoms. The molecule has 5 rings (SSSR count). The molecule has 0 bridgehead atoms. The van der Waals surface area contributed by atoms with Crippen molar-refractivity contribution in [3.05, 3.63) is 88.9 Å². The summed E-state index contributed by atoms with van der Waals surface area (Å²) in [7, 11) is -3.90. The topological polar surface area (TPSA) is 105 Å². The van der Waals surface area contributed by atoms with Crippen LogP contribution in [0.2, 0.25) is 5.02 Å². The predicted octanol–water partition coefficient (Wildman–Crippen LogP) is 4.58. The Morgan fingerprint density at radius 1 is 0.930 bits per heavy atom. The average Bonchev–Trinajstić information content (AvgIpc) is 3.51. The van der Waals surface area contributed by atoms with Crippen LogP contribution in [0.25, 0.3) is 0 Å². The van der Waals surface area contributed by atoms with Crippen LogP contribution in [0, 0.1) is 0 Å². The Morgan fingerprint density at radius 2 is 1.60 bits per heavy atom. The summed E-state index contributed by atoms with van der Waals surface area (Å²) in [6.45, 7) is 0.310. The van der Waals surface area contributed by atoms with Crippen LogP contribution in [0.15, 0.2) is 72.8 Å². The molecule has 1 aliphatic carbocycles. The van der Waals surface area contributed by atoms with Gasteiger partial charge in [0.2, 0.25) is 21.8 Å². The highest BCUT2D eigenvalue weighted by atomic mass is 35.5. The molecule has 2 amide bonds. The Kier molecular flexibility index (Phi) is 9.77. The van der Waals surface area contributed by atoms with Crippen molar-refractivity contribution in [1.29, 1.82) is 0 Å². The zero-order valence-electron chi connectivity index (χ0n) is 24.1. The molecule has 1 N–H and O–H groups in total. The maximum absolute atomic E-state index is 14.3. The minimum atomic E-state index is -3.90. The minimum Gasteiger partial charge on any atom is -0.486 e. The molecule has 0 saturated heterocycles. The third-order valence-electron chi connectivity index (χ3n) is 7.73. The van der Waals surface area contributed by atoms with Gasteiger partial charge in [0.1, 0.15) is 25.8 Å². The summed E-state index contributed by atoms with van der Waals surface area (Å²) in [5.74, 6) is 0.132. The third kappa shape index (κ3) is 8.00. The molecule has 2 aliphatic rings. The third-order valence-corrected chi connectivity index (χ3v) is 9.12. The molecule has 1 heterocycles. The van der Waals surface area contributed by atoms with E-state index in [-0.39, 0.29) is 30.6 Å². The molecular formula is C32H36ClN3O6S. The number of sulfonamides is 1. The highest BCUT2D eigenvalue weighted by molar-refractivity contribution is 7.92. The molecule has 1 aliphatic heterocycles. The number of hydrogen-bond acceptors (Lipinski definition) is 6. The van der Waals surface area contributed by atoms with Crippen molar-refractivity contribution in [2.24, 2.45) is 0 Å². The predicted molar refractivity (Wildman–Crippen MR) is 166 cm³/mol. The van der Waals surface area contributed by atoms with E-state index in [0.29, 0.717) is 29.7 Å². The van der Waals surface area contributed by atoms with Crippen LogP contribution in [0.4, 0.5) is 5.69 Å². The van der Waals surface area contributed by atoms with Crippen molar-refractivity contribution >= 4 is 39.1 Å². The number of fused-ring (bicyclic) bond motifs is 1. The van der Waals surface area contributed by atoms with Gasteiger partial charge in [-0.3, -0.25) is 13.9 Å². The van der Waals surface area contributed by atoms with Crippen molar-refractivity contribution in [2.75, 3.05) is 30.3 Å². The highest BCUT2D eigenvalue weighted by Gasteiger charge is 2.34. The normalized spacial score (nSPS) is 15.5. The number of nitrogens with zero attached hydrogens (tertiary/aromatic N) is 2. The van der Waals surface area contributed by atoms with Crippen molar-refractivity contribution in [1.82, 2.24) is 10.2 Å². The fraction of sp³-hybridized carbons (Fsp3) is 0.375. The molecule has 43 heavy (non-hydrogen) atoms. The van der Waals surface area contributed by atoms with E-state index in [1.807, 2.05) is 30.3 Å². The second-order valence-corrected chi connectivity index (χ2v) is 13.3. The molecule has 3 aromatic carbocycles. The minimum absolute atomic E-state index is 0.0449. The van der Waals surface area contributed by atoms with Crippen molar-refractivity contribution in [3.63, 3.8) is 0 Å². The number of ether oxygens (including phenoxy) is 2. The largest absolute Gasteiger partial charge is 0.486 e. The molecule has 0 spiro atoms.